The van der Waals surface area contributed by atoms with E-state index in [-0.39, 0.29) is 19.0 Å². The maximum atomic E-state index is 11.2. The second-order valence-corrected chi connectivity index (χ2v) is 9.72. The summed E-state index contributed by atoms with van der Waals surface area (Å²) in [6.07, 6.45) is 7.11. The molecule has 0 saturated carbocycles. The van der Waals surface area contributed by atoms with Crippen LogP contribution in [0.3, 0.4) is 0 Å². The third-order valence-electron chi connectivity index (χ3n) is 4.90. The largest absolute Gasteiger partial charge is 0.382 e. The summed E-state index contributed by atoms with van der Waals surface area (Å²) in [6.45, 7) is 8.45. The number of carbonyl (C=O) groups excluding carboxylic acids is 1. The van der Waals surface area contributed by atoms with Gasteiger partial charge in [0.15, 0.2) is 17.2 Å². The molecule has 0 fully saturated rings. The molecule has 31 heavy (non-hydrogen) atoms. The maximum Gasteiger partial charge on any atom is 0.165 e. The molecule has 0 bridgehead atoms. The molecule has 4 rings (SSSR count). The highest BCUT2D eigenvalue weighted by Crippen LogP contribution is 2.23. The summed E-state index contributed by atoms with van der Waals surface area (Å²) >= 11 is 2.27. The molecule has 1 aliphatic carbocycles. The number of hydrogen-bond donors (Lipinski definition) is 2. The Morgan fingerprint density at radius 1 is 1.16 bits per heavy atom. The van der Waals surface area contributed by atoms with Crippen LogP contribution in [-0.2, 0) is 13.0 Å². The van der Waals surface area contributed by atoms with Gasteiger partial charge < -0.3 is 15.6 Å². The molecule has 3 N–H and O–H groups in total. The topological polar surface area (TPSA) is 98.7 Å². The fraction of sp³-hybridized carbons (Fsp3) is 0.455. The van der Waals surface area contributed by atoms with E-state index in [2.05, 4.69) is 69.7 Å². The van der Waals surface area contributed by atoms with Gasteiger partial charge in [0, 0.05) is 27.6 Å². The first-order valence-corrected chi connectivity index (χ1v) is 11.3. The molecule has 168 valence electrons. The smallest absolute Gasteiger partial charge is 0.165 e. The molecule has 0 spiro atoms. The molecule has 7 nitrogen and oxygen atoms in total. The molecule has 0 saturated heterocycles. The Morgan fingerprint density at radius 3 is 2.68 bits per heavy atom. The number of aryl methyl sites for hydroxylation is 2. The Kier molecular flexibility index (Phi) is 9.26. The monoisotopic (exact) mass is 554 g/mol. The number of aromatic nitrogens is 4. The van der Waals surface area contributed by atoms with E-state index in [0.29, 0.717) is 23.5 Å². The van der Waals surface area contributed by atoms with Crippen LogP contribution >= 0.6 is 36.1 Å². The minimum atomic E-state index is 0. The van der Waals surface area contributed by atoms with E-state index in [1.807, 2.05) is 16.7 Å². The van der Waals surface area contributed by atoms with Crippen molar-refractivity contribution in [3.8, 4) is 0 Å². The van der Waals surface area contributed by atoms with Gasteiger partial charge in [-0.15, -0.1) is 0 Å². The number of ketones is 1. The molecule has 2 aromatic heterocycles. The number of carbonyl (C=O) groups is 1. The van der Waals surface area contributed by atoms with Crippen LogP contribution in [0.15, 0.2) is 30.9 Å². The van der Waals surface area contributed by atoms with E-state index < -0.39 is 0 Å². The summed E-state index contributed by atoms with van der Waals surface area (Å²) in [5.74, 6) is 0.745. The average Bonchev–Trinajstić information content (AvgIpc) is 3.26. The van der Waals surface area contributed by atoms with Crippen LogP contribution in [0, 0.1) is 3.57 Å². The Morgan fingerprint density at radius 2 is 1.94 bits per heavy atom. The molecule has 0 unspecified atom stereocenters. The first kappa shape index (κ1) is 25.5. The lowest BCUT2D eigenvalue weighted by Gasteiger charge is -2.20. The third kappa shape index (κ3) is 7.15. The van der Waals surface area contributed by atoms with Gasteiger partial charge in [-0.05, 0) is 86.9 Å². The van der Waals surface area contributed by atoms with E-state index in [9.17, 15) is 4.79 Å². The minimum Gasteiger partial charge on any atom is -0.382 e. The third-order valence-corrected chi connectivity index (χ3v) is 5.57. The fourth-order valence-electron chi connectivity index (χ4n) is 3.36. The zero-order chi connectivity index (χ0) is 21.7. The quantitative estimate of drug-likeness (QED) is 0.364. The van der Waals surface area contributed by atoms with Gasteiger partial charge in [0.25, 0.3) is 0 Å². The number of halogens is 1. The number of Topliss-reactive ketones (excluding diaryl/α,β-unsaturated/α-hetero) is 1. The molecular formula is C22H31IN6OS. The number of rotatable bonds is 5. The fourth-order valence-corrected chi connectivity index (χ4v) is 3.91. The molecule has 1 aromatic carbocycles. The van der Waals surface area contributed by atoms with E-state index in [0.717, 1.165) is 43.6 Å². The number of nitrogens with zero attached hydrogens (tertiary/aromatic N) is 4. The molecule has 0 radical (unpaired) electrons. The summed E-state index contributed by atoms with van der Waals surface area (Å²) in [4.78, 5) is 23.6. The summed E-state index contributed by atoms with van der Waals surface area (Å²) in [5.41, 5.74) is 9.61. The zero-order valence-corrected chi connectivity index (χ0v) is 21.4. The van der Waals surface area contributed by atoms with Gasteiger partial charge in [-0.25, -0.2) is 15.0 Å². The maximum absolute atomic E-state index is 11.2. The van der Waals surface area contributed by atoms with Crippen molar-refractivity contribution in [1.82, 2.24) is 24.8 Å². The normalized spacial score (nSPS) is 12.8. The van der Waals surface area contributed by atoms with E-state index in [1.54, 1.807) is 6.33 Å². The van der Waals surface area contributed by atoms with Gasteiger partial charge in [0.2, 0.25) is 0 Å². The van der Waals surface area contributed by atoms with Crippen molar-refractivity contribution in [1.29, 1.82) is 0 Å². The average molecular weight is 555 g/mol. The Balaban J connectivity index is 0.000000242. The highest BCUT2D eigenvalue weighted by Gasteiger charge is 2.18. The van der Waals surface area contributed by atoms with E-state index in [1.165, 1.54) is 15.5 Å². The number of anilines is 1. The summed E-state index contributed by atoms with van der Waals surface area (Å²) < 4.78 is 3.25. The van der Waals surface area contributed by atoms with Crippen LogP contribution in [0.2, 0.25) is 0 Å². The van der Waals surface area contributed by atoms with Crippen LogP contribution < -0.4 is 11.1 Å². The van der Waals surface area contributed by atoms with Crippen molar-refractivity contribution < 1.29 is 4.79 Å². The summed E-state index contributed by atoms with van der Waals surface area (Å²) in [6, 6.07) is 6.02. The molecule has 0 aliphatic heterocycles. The van der Waals surface area contributed by atoms with Gasteiger partial charge >= 0.3 is 0 Å². The number of nitrogen functional groups attached to an aromatic ring is 1. The first-order chi connectivity index (χ1) is 14.2. The van der Waals surface area contributed by atoms with Crippen LogP contribution in [0.25, 0.3) is 11.2 Å². The van der Waals surface area contributed by atoms with E-state index in [4.69, 9.17) is 5.73 Å². The zero-order valence-electron chi connectivity index (χ0n) is 18.3. The molecule has 0 amide bonds. The van der Waals surface area contributed by atoms with Crippen molar-refractivity contribution in [3.05, 3.63) is 45.6 Å². The predicted octanol–water partition coefficient (Wildman–Crippen LogP) is 4.11. The van der Waals surface area contributed by atoms with Crippen molar-refractivity contribution in [2.45, 2.75) is 58.5 Å². The van der Waals surface area contributed by atoms with Crippen molar-refractivity contribution in [3.63, 3.8) is 0 Å². The molecule has 0 atom stereocenters. The van der Waals surface area contributed by atoms with Gasteiger partial charge in [-0.3, -0.25) is 4.79 Å². The minimum absolute atomic E-state index is 0. The predicted molar refractivity (Wildman–Crippen MR) is 139 cm³/mol. The molecule has 1 aliphatic rings. The van der Waals surface area contributed by atoms with E-state index >= 15 is 0 Å². The first-order valence-electron chi connectivity index (χ1n) is 10.2. The summed E-state index contributed by atoms with van der Waals surface area (Å²) in [7, 11) is 0. The van der Waals surface area contributed by atoms with Crippen LogP contribution in [0.5, 0.6) is 0 Å². The molecule has 2 heterocycles. The van der Waals surface area contributed by atoms with Gasteiger partial charge in [-0.1, -0.05) is 6.07 Å². The highest BCUT2D eigenvalue weighted by atomic mass is 127. The second kappa shape index (κ2) is 11.2. The molecule has 3 aromatic rings. The molecular weight excluding hydrogens is 523 g/mol. The Labute approximate surface area is 204 Å². The number of nitrogens with one attached hydrogen (secondary N) is 1. The number of hydrogen-bond acceptors (Lipinski definition) is 6. The van der Waals surface area contributed by atoms with Crippen molar-refractivity contribution >= 4 is 58.9 Å². The number of benzene rings is 1. The second-order valence-electron chi connectivity index (χ2n) is 8.48. The number of fused-ring (bicyclic) bond motifs is 2. The van der Waals surface area contributed by atoms with Gasteiger partial charge in [0.1, 0.15) is 11.8 Å². The molecule has 9 heteroatoms. The number of imidazole rings is 1. The highest BCUT2D eigenvalue weighted by molar-refractivity contribution is 14.1. The summed E-state index contributed by atoms with van der Waals surface area (Å²) in [5, 5.41) is 3.48. The number of nitrogens with two attached hydrogens (primary N) is 1. The lowest BCUT2D eigenvalue weighted by Crippen LogP contribution is -2.36. The Bertz CT molecular complexity index is 1030. The van der Waals surface area contributed by atoms with Crippen LogP contribution in [0.1, 0.15) is 56.0 Å². The SMILES string of the molecule is CC(C)(C)NCCCCn1cnc2c(N)ncnc21.O=C1CCc2cc(I)ccc21.S. The lowest BCUT2D eigenvalue weighted by molar-refractivity contribution is 0.0994. The van der Waals surface area contributed by atoms with Crippen molar-refractivity contribution in [2.24, 2.45) is 0 Å². The Hall–Kier alpha value is -1.72. The van der Waals surface area contributed by atoms with Crippen LogP contribution in [-0.4, -0.2) is 37.4 Å². The lowest BCUT2D eigenvalue weighted by atomic mass is 10.1. The van der Waals surface area contributed by atoms with Crippen LogP contribution in [0.4, 0.5) is 5.82 Å². The van der Waals surface area contributed by atoms with Gasteiger partial charge in [-0.2, -0.15) is 13.5 Å². The standard InChI is InChI=1S/C13H22N6.C9H7IO.H2S/c1-13(2,3)18-6-4-5-7-19-9-17-10-11(14)15-8-16-12(10)19;10-7-2-3-8-6(5-7)1-4-9(8)11;/h8-9,18H,4-7H2,1-3H3,(H2,14,15,16);2-3,5H,1,4H2;1H2. The van der Waals surface area contributed by atoms with Gasteiger partial charge in [0.05, 0.1) is 6.33 Å². The number of unbranched alkanes of at least 4 members (excludes halogenated alkanes) is 1. The van der Waals surface area contributed by atoms with Crippen molar-refractivity contribution in [2.75, 3.05) is 12.3 Å².